The van der Waals surface area contributed by atoms with E-state index in [1.807, 2.05) is 53.1 Å². The Hall–Kier alpha value is -1.65. The summed E-state index contributed by atoms with van der Waals surface area (Å²) in [5.74, 6) is 0.764. The molecule has 5 heteroatoms. The van der Waals surface area contributed by atoms with Crippen LogP contribution in [-0.4, -0.2) is 14.8 Å². The summed E-state index contributed by atoms with van der Waals surface area (Å²) in [6.45, 7) is 0. The Balaban J connectivity index is 2.12. The van der Waals surface area contributed by atoms with E-state index >= 15 is 0 Å². The first-order chi connectivity index (χ1) is 9.25. The fraction of sp³-hybridized carbons (Fsp3) is 0. The minimum atomic E-state index is 0.653. The largest absolute Gasteiger partial charge is 0.282 e. The lowest BCUT2D eigenvalue weighted by Crippen LogP contribution is -1.95. The van der Waals surface area contributed by atoms with Crippen LogP contribution in [-0.2, 0) is 0 Å². The van der Waals surface area contributed by atoms with Crippen LogP contribution in [0.25, 0.3) is 17.1 Å². The van der Waals surface area contributed by atoms with Gasteiger partial charge in [0.05, 0.1) is 5.02 Å². The normalized spacial score (nSPS) is 10.6. The van der Waals surface area contributed by atoms with E-state index in [2.05, 4.69) is 26.1 Å². The lowest BCUT2D eigenvalue weighted by atomic mass is 10.2. The van der Waals surface area contributed by atoms with Crippen molar-refractivity contribution in [2.24, 2.45) is 0 Å². The Bertz CT molecular complexity index is 710. The summed E-state index contributed by atoms with van der Waals surface area (Å²) >= 11 is 9.51. The van der Waals surface area contributed by atoms with Crippen molar-refractivity contribution in [1.29, 1.82) is 0 Å². The summed E-state index contributed by atoms with van der Waals surface area (Å²) in [5.41, 5.74) is 1.94. The third kappa shape index (κ3) is 2.41. The van der Waals surface area contributed by atoms with E-state index in [1.54, 1.807) is 6.33 Å². The van der Waals surface area contributed by atoms with Crippen molar-refractivity contribution in [3.63, 3.8) is 0 Å². The summed E-state index contributed by atoms with van der Waals surface area (Å²) in [6, 6.07) is 15.7. The fourth-order valence-corrected chi connectivity index (χ4v) is 2.27. The molecule has 1 aromatic heterocycles. The molecule has 0 aliphatic heterocycles. The van der Waals surface area contributed by atoms with Gasteiger partial charge in [0.1, 0.15) is 6.33 Å². The number of rotatable bonds is 2. The summed E-state index contributed by atoms with van der Waals surface area (Å²) in [5, 5.41) is 8.81. The number of hydrogen-bond acceptors (Lipinski definition) is 2. The molecule has 0 N–H and O–H groups in total. The van der Waals surface area contributed by atoms with E-state index < -0.39 is 0 Å². The van der Waals surface area contributed by atoms with E-state index in [1.165, 1.54) is 0 Å². The number of aromatic nitrogens is 3. The number of hydrogen-bond donors (Lipinski definition) is 0. The Morgan fingerprint density at radius 3 is 2.58 bits per heavy atom. The molecule has 3 nitrogen and oxygen atoms in total. The molecule has 0 atom stereocenters. The quantitative estimate of drug-likeness (QED) is 0.697. The van der Waals surface area contributed by atoms with Gasteiger partial charge in [-0.25, -0.2) is 0 Å². The maximum absolute atomic E-state index is 6.12. The minimum absolute atomic E-state index is 0.653. The molecule has 0 saturated carbocycles. The number of para-hydroxylation sites is 1. The monoisotopic (exact) mass is 333 g/mol. The zero-order chi connectivity index (χ0) is 13.2. The van der Waals surface area contributed by atoms with Gasteiger partial charge >= 0.3 is 0 Å². The second kappa shape index (κ2) is 5.15. The van der Waals surface area contributed by atoms with Crippen LogP contribution in [0.1, 0.15) is 0 Å². The molecule has 3 rings (SSSR count). The smallest absolute Gasteiger partial charge is 0.168 e. The molecule has 3 aromatic rings. The highest BCUT2D eigenvalue weighted by atomic mass is 79.9. The van der Waals surface area contributed by atoms with E-state index in [0.29, 0.717) is 5.02 Å². The van der Waals surface area contributed by atoms with Gasteiger partial charge in [-0.3, -0.25) is 4.57 Å². The molecular weight excluding hydrogens is 326 g/mol. The Kier molecular flexibility index (Phi) is 3.36. The van der Waals surface area contributed by atoms with Gasteiger partial charge in [0.15, 0.2) is 5.82 Å². The van der Waals surface area contributed by atoms with Crippen molar-refractivity contribution in [3.8, 4) is 17.1 Å². The lowest BCUT2D eigenvalue weighted by Gasteiger charge is -2.07. The topological polar surface area (TPSA) is 30.7 Å². The summed E-state index contributed by atoms with van der Waals surface area (Å²) in [7, 11) is 0. The number of halogens is 2. The van der Waals surface area contributed by atoms with Crippen LogP contribution in [0, 0.1) is 0 Å². The molecule has 2 aromatic carbocycles. The van der Waals surface area contributed by atoms with Gasteiger partial charge in [-0.05, 0) is 46.3 Å². The highest BCUT2D eigenvalue weighted by molar-refractivity contribution is 9.10. The van der Waals surface area contributed by atoms with Crippen LogP contribution in [0.3, 0.4) is 0 Å². The third-order valence-electron chi connectivity index (χ3n) is 2.76. The van der Waals surface area contributed by atoms with Gasteiger partial charge in [0.2, 0.25) is 0 Å². The molecule has 0 fully saturated rings. The van der Waals surface area contributed by atoms with Crippen molar-refractivity contribution in [2.45, 2.75) is 0 Å². The maximum atomic E-state index is 6.12. The molecule has 0 aliphatic carbocycles. The molecule has 0 bridgehead atoms. The Morgan fingerprint density at radius 1 is 1.05 bits per heavy atom. The minimum Gasteiger partial charge on any atom is -0.282 e. The lowest BCUT2D eigenvalue weighted by molar-refractivity contribution is 1.06. The van der Waals surface area contributed by atoms with Crippen molar-refractivity contribution < 1.29 is 0 Å². The molecule has 0 unspecified atom stereocenters. The van der Waals surface area contributed by atoms with Crippen LogP contribution in [0.4, 0.5) is 0 Å². The fourth-order valence-electron chi connectivity index (χ4n) is 1.84. The number of nitrogens with zero attached hydrogens (tertiary/aromatic N) is 3. The van der Waals surface area contributed by atoms with Gasteiger partial charge in [-0.2, -0.15) is 0 Å². The molecule has 0 radical (unpaired) electrons. The zero-order valence-corrected chi connectivity index (χ0v) is 12.1. The zero-order valence-electron chi connectivity index (χ0n) is 9.79. The average molecular weight is 335 g/mol. The van der Waals surface area contributed by atoms with E-state index in [9.17, 15) is 0 Å². The highest BCUT2D eigenvalue weighted by Gasteiger charge is 2.10. The van der Waals surface area contributed by atoms with Crippen LogP contribution >= 0.6 is 27.5 Å². The average Bonchev–Trinajstić information content (AvgIpc) is 2.92. The second-order valence-electron chi connectivity index (χ2n) is 3.99. The van der Waals surface area contributed by atoms with Gasteiger partial charge < -0.3 is 0 Å². The highest BCUT2D eigenvalue weighted by Crippen LogP contribution is 2.28. The van der Waals surface area contributed by atoms with Crippen molar-refractivity contribution in [3.05, 3.63) is 64.4 Å². The predicted molar refractivity (Wildman–Crippen MR) is 79.5 cm³/mol. The first-order valence-electron chi connectivity index (χ1n) is 5.66. The third-order valence-corrected chi connectivity index (χ3v) is 3.99. The van der Waals surface area contributed by atoms with Gasteiger partial charge in [-0.15, -0.1) is 10.2 Å². The van der Waals surface area contributed by atoms with Crippen molar-refractivity contribution in [2.75, 3.05) is 0 Å². The van der Waals surface area contributed by atoms with Crippen LogP contribution < -0.4 is 0 Å². The van der Waals surface area contributed by atoms with Gasteiger partial charge in [0, 0.05) is 15.7 Å². The molecule has 94 valence electrons. The maximum Gasteiger partial charge on any atom is 0.168 e. The second-order valence-corrected chi connectivity index (χ2v) is 5.25. The molecular formula is C14H9BrClN3. The standard InChI is InChI=1S/C14H9BrClN3/c15-12-7-6-10(8-13(12)16)14-18-17-9-19(14)11-4-2-1-3-5-11/h1-9H. The van der Waals surface area contributed by atoms with Crippen LogP contribution in [0.2, 0.25) is 5.02 Å². The van der Waals surface area contributed by atoms with E-state index in [0.717, 1.165) is 21.5 Å². The number of benzene rings is 2. The molecule has 19 heavy (non-hydrogen) atoms. The van der Waals surface area contributed by atoms with Crippen molar-refractivity contribution in [1.82, 2.24) is 14.8 Å². The molecule has 0 amide bonds. The first-order valence-corrected chi connectivity index (χ1v) is 6.83. The summed E-state index contributed by atoms with van der Waals surface area (Å²) < 4.78 is 2.79. The molecule has 0 spiro atoms. The van der Waals surface area contributed by atoms with Crippen LogP contribution in [0.15, 0.2) is 59.3 Å². The molecule has 0 saturated heterocycles. The summed E-state index contributed by atoms with van der Waals surface area (Å²) in [6.07, 6.45) is 1.70. The Morgan fingerprint density at radius 2 is 1.84 bits per heavy atom. The predicted octanol–water partition coefficient (Wildman–Crippen LogP) is 4.35. The van der Waals surface area contributed by atoms with Crippen molar-refractivity contribution >= 4 is 27.5 Å². The van der Waals surface area contributed by atoms with Gasteiger partial charge in [-0.1, -0.05) is 29.8 Å². The van der Waals surface area contributed by atoms with Crippen LogP contribution in [0.5, 0.6) is 0 Å². The molecule has 1 heterocycles. The Labute approximate surface area is 124 Å². The van der Waals surface area contributed by atoms with Gasteiger partial charge in [0.25, 0.3) is 0 Å². The van der Waals surface area contributed by atoms with E-state index in [-0.39, 0.29) is 0 Å². The summed E-state index contributed by atoms with van der Waals surface area (Å²) in [4.78, 5) is 0. The molecule has 0 aliphatic rings. The SMILES string of the molecule is Clc1cc(-c2nncn2-c2ccccc2)ccc1Br. The first kappa shape index (κ1) is 12.4. The van der Waals surface area contributed by atoms with E-state index in [4.69, 9.17) is 11.6 Å².